The summed E-state index contributed by atoms with van der Waals surface area (Å²) in [5.41, 5.74) is 4.62. The molecule has 2 rings (SSSR count). The highest BCUT2D eigenvalue weighted by molar-refractivity contribution is 6.04. The summed E-state index contributed by atoms with van der Waals surface area (Å²) in [6.45, 7) is 0. The zero-order chi connectivity index (χ0) is 10.1. The summed E-state index contributed by atoms with van der Waals surface area (Å²) in [4.78, 5) is 13.4. The molecule has 4 heteroatoms. The maximum absolute atomic E-state index is 11.8. The van der Waals surface area contributed by atoms with E-state index in [1.165, 1.54) is 0 Å². The number of hydrazone groups is 1. The molecule has 0 aliphatic carbocycles. The molecule has 0 spiro atoms. The lowest BCUT2D eigenvalue weighted by Gasteiger charge is -2.03. The summed E-state index contributed by atoms with van der Waals surface area (Å²) in [5.74, 6) is -0.00236. The number of carbonyl (C=O) groups excluding carboxylic acids is 1. The Kier molecular flexibility index (Phi) is 1.96. The zero-order valence-corrected chi connectivity index (χ0v) is 8.19. The molecule has 0 atom stereocenters. The van der Waals surface area contributed by atoms with Gasteiger partial charge in [-0.15, -0.1) is 0 Å². The number of nitrogens with zero attached hydrogens (tertiary/aromatic N) is 2. The largest absolute Gasteiger partial charge is 0.342 e. The zero-order valence-electron chi connectivity index (χ0n) is 8.19. The van der Waals surface area contributed by atoms with Crippen molar-refractivity contribution in [1.29, 1.82) is 0 Å². The molecular weight excluding hydrogens is 178 g/mol. The van der Waals surface area contributed by atoms with E-state index in [1.54, 1.807) is 23.0 Å². The lowest BCUT2D eigenvalue weighted by Crippen LogP contribution is -2.27. The summed E-state index contributed by atoms with van der Waals surface area (Å²) in [5, 5.41) is 0. The molecule has 0 saturated heterocycles. The highest BCUT2D eigenvalue weighted by Crippen LogP contribution is 2.17. The Morgan fingerprint density at radius 2 is 2.07 bits per heavy atom. The van der Waals surface area contributed by atoms with Crippen molar-refractivity contribution < 1.29 is 9.48 Å². The molecule has 0 aromatic heterocycles. The van der Waals surface area contributed by atoms with E-state index < -0.39 is 0 Å². The van der Waals surface area contributed by atoms with Crippen molar-refractivity contribution in [3.8, 4) is 0 Å². The van der Waals surface area contributed by atoms with Gasteiger partial charge in [0.1, 0.15) is 7.05 Å². The van der Waals surface area contributed by atoms with Crippen LogP contribution >= 0.6 is 0 Å². The Morgan fingerprint density at radius 1 is 1.36 bits per heavy atom. The molecule has 0 radical (unpaired) electrons. The van der Waals surface area contributed by atoms with Crippen LogP contribution in [0.4, 0.5) is 5.69 Å². The summed E-state index contributed by atoms with van der Waals surface area (Å²) in [7, 11) is 3.59. The van der Waals surface area contributed by atoms with Crippen LogP contribution in [0.1, 0.15) is 10.4 Å². The van der Waals surface area contributed by atoms with Gasteiger partial charge in [0.05, 0.1) is 18.3 Å². The predicted molar refractivity (Wildman–Crippen MR) is 54.4 cm³/mol. The fourth-order valence-corrected chi connectivity index (χ4v) is 1.49. The molecule has 1 heterocycles. The highest BCUT2D eigenvalue weighted by atomic mass is 16.2. The number of fused-ring (bicyclic) bond motifs is 1. The van der Waals surface area contributed by atoms with Gasteiger partial charge >= 0.3 is 5.91 Å². The second-order valence-electron chi connectivity index (χ2n) is 3.30. The third-order valence-electron chi connectivity index (χ3n) is 2.12. The van der Waals surface area contributed by atoms with Gasteiger partial charge in [0.2, 0.25) is 0 Å². The molecule has 14 heavy (non-hydrogen) atoms. The molecule has 1 aliphatic heterocycles. The van der Waals surface area contributed by atoms with Gasteiger partial charge in [-0.2, -0.15) is 4.68 Å². The normalized spacial score (nSPS) is 15.4. The van der Waals surface area contributed by atoms with Gasteiger partial charge in [-0.1, -0.05) is 12.1 Å². The average molecular weight is 190 g/mol. The van der Waals surface area contributed by atoms with Gasteiger partial charge in [0.25, 0.3) is 6.34 Å². The fraction of sp³-hybridized carbons (Fsp3) is 0.200. The smallest absolute Gasteiger partial charge is 0.241 e. The third-order valence-corrected chi connectivity index (χ3v) is 2.12. The van der Waals surface area contributed by atoms with Gasteiger partial charge in [-0.05, 0) is 12.1 Å². The Labute approximate surface area is 82.4 Å². The molecule has 1 amide bonds. The number of amides is 1. The number of benzene rings is 1. The van der Waals surface area contributed by atoms with Crippen molar-refractivity contribution >= 4 is 17.9 Å². The summed E-state index contributed by atoms with van der Waals surface area (Å²) < 4.78 is 1.75. The van der Waals surface area contributed by atoms with Crippen LogP contribution in [-0.2, 0) is 0 Å². The SMILES string of the molecule is CN1C=[N+](C)Nc2ccccc2C1=O. The molecular formula is C10H12N3O+. The van der Waals surface area contributed by atoms with Crippen LogP contribution < -0.4 is 5.43 Å². The van der Waals surface area contributed by atoms with Gasteiger partial charge in [-0.3, -0.25) is 0 Å². The van der Waals surface area contributed by atoms with Crippen molar-refractivity contribution in [1.82, 2.24) is 4.90 Å². The van der Waals surface area contributed by atoms with E-state index in [-0.39, 0.29) is 5.91 Å². The van der Waals surface area contributed by atoms with Gasteiger partial charge in [-0.25, -0.2) is 15.1 Å². The molecule has 1 aliphatic rings. The number of anilines is 1. The molecule has 1 N–H and O–H groups in total. The predicted octanol–water partition coefficient (Wildman–Crippen LogP) is 0.770. The van der Waals surface area contributed by atoms with Crippen LogP contribution in [0.3, 0.4) is 0 Å². The van der Waals surface area contributed by atoms with Crippen LogP contribution in [0.15, 0.2) is 24.3 Å². The number of rotatable bonds is 0. The highest BCUT2D eigenvalue weighted by Gasteiger charge is 2.23. The van der Waals surface area contributed by atoms with E-state index >= 15 is 0 Å². The van der Waals surface area contributed by atoms with Crippen LogP contribution in [-0.4, -0.2) is 35.9 Å². The first kappa shape index (κ1) is 8.74. The lowest BCUT2D eigenvalue weighted by atomic mass is 10.1. The van der Waals surface area contributed by atoms with Gasteiger partial charge < -0.3 is 0 Å². The maximum Gasteiger partial charge on any atom is 0.342 e. The number of nitrogens with one attached hydrogen (secondary N) is 1. The summed E-state index contributed by atoms with van der Waals surface area (Å²) in [6, 6.07) is 7.46. The van der Waals surface area contributed by atoms with Crippen molar-refractivity contribution in [2.24, 2.45) is 0 Å². The topological polar surface area (TPSA) is 35.4 Å². The number of hydrazine groups is 1. The summed E-state index contributed by atoms with van der Waals surface area (Å²) in [6.07, 6.45) is 1.71. The van der Waals surface area contributed by atoms with Crippen molar-refractivity contribution in [2.45, 2.75) is 0 Å². The quantitative estimate of drug-likeness (QED) is 0.613. The minimum Gasteiger partial charge on any atom is -0.241 e. The first-order chi connectivity index (χ1) is 6.68. The van der Waals surface area contributed by atoms with Crippen LogP contribution in [0.2, 0.25) is 0 Å². The van der Waals surface area contributed by atoms with Crippen LogP contribution in [0.5, 0.6) is 0 Å². The fourth-order valence-electron chi connectivity index (χ4n) is 1.49. The average Bonchev–Trinajstić information content (AvgIpc) is 2.26. The van der Waals surface area contributed by atoms with Crippen LogP contribution in [0, 0.1) is 0 Å². The minimum absolute atomic E-state index is 0.00236. The van der Waals surface area contributed by atoms with E-state index in [0.717, 1.165) is 5.69 Å². The first-order valence-electron chi connectivity index (χ1n) is 4.39. The molecule has 72 valence electrons. The molecule has 0 bridgehead atoms. The summed E-state index contributed by atoms with van der Waals surface area (Å²) >= 11 is 0. The minimum atomic E-state index is -0.00236. The van der Waals surface area contributed by atoms with E-state index in [1.807, 2.05) is 31.3 Å². The maximum atomic E-state index is 11.8. The molecule has 1 aromatic carbocycles. The Hall–Kier alpha value is -1.84. The number of hydrogen-bond donors (Lipinski definition) is 1. The molecule has 4 nitrogen and oxygen atoms in total. The van der Waals surface area contributed by atoms with Crippen molar-refractivity contribution in [2.75, 3.05) is 19.5 Å². The first-order valence-corrected chi connectivity index (χ1v) is 4.39. The Morgan fingerprint density at radius 3 is 2.86 bits per heavy atom. The van der Waals surface area contributed by atoms with E-state index in [4.69, 9.17) is 0 Å². The standard InChI is InChI=1S/C10H11N3O/c1-12-7-13(2)11-9-6-4-3-5-8(9)10(12)14/h3-7H,1-2H3/p+1. The van der Waals surface area contributed by atoms with Crippen molar-refractivity contribution in [3.63, 3.8) is 0 Å². The van der Waals surface area contributed by atoms with E-state index in [2.05, 4.69) is 5.43 Å². The van der Waals surface area contributed by atoms with Gasteiger partial charge in [0, 0.05) is 0 Å². The third kappa shape index (κ3) is 1.35. The Bertz CT molecular complexity index is 412. The second kappa shape index (κ2) is 3.14. The number of carbonyl (C=O) groups is 1. The molecule has 1 aromatic rings. The lowest BCUT2D eigenvalue weighted by molar-refractivity contribution is -0.462. The van der Waals surface area contributed by atoms with E-state index in [0.29, 0.717) is 5.56 Å². The number of para-hydroxylation sites is 1. The van der Waals surface area contributed by atoms with Gasteiger partial charge in [0.15, 0.2) is 0 Å². The number of hydrogen-bond acceptors (Lipinski definition) is 2. The molecule has 0 saturated carbocycles. The molecule has 0 fully saturated rings. The Balaban J connectivity index is 2.55. The monoisotopic (exact) mass is 190 g/mol. The second-order valence-corrected chi connectivity index (χ2v) is 3.30. The van der Waals surface area contributed by atoms with Crippen LogP contribution in [0.25, 0.3) is 0 Å². The molecule has 0 unspecified atom stereocenters. The van der Waals surface area contributed by atoms with Crippen molar-refractivity contribution in [3.05, 3.63) is 29.8 Å². The van der Waals surface area contributed by atoms with E-state index in [9.17, 15) is 4.79 Å².